The van der Waals surface area contributed by atoms with Gasteiger partial charge in [-0.3, -0.25) is 4.79 Å². The molecule has 0 aromatic heterocycles. The van der Waals surface area contributed by atoms with Gasteiger partial charge in [0.2, 0.25) is 5.91 Å². The third kappa shape index (κ3) is 8.74. The fraction of sp³-hybridized carbons (Fsp3) is 0.455. The highest BCUT2D eigenvalue weighted by Gasteiger charge is 2.01. The molecule has 0 spiro atoms. The van der Waals surface area contributed by atoms with Crippen molar-refractivity contribution in [2.45, 2.75) is 20.8 Å². The van der Waals surface area contributed by atoms with E-state index in [1.54, 1.807) is 4.90 Å². The summed E-state index contributed by atoms with van der Waals surface area (Å²) >= 11 is 0. The van der Waals surface area contributed by atoms with E-state index >= 15 is 0 Å². The minimum Gasteiger partial charge on any atom is -0.478 e. The van der Waals surface area contributed by atoms with Gasteiger partial charge in [0.25, 0.3) is 0 Å². The number of hydrogen-bond donors (Lipinski definition) is 1. The lowest BCUT2D eigenvalue weighted by molar-refractivity contribution is -0.132. The molecule has 0 aromatic carbocycles. The van der Waals surface area contributed by atoms with Crippen molar-refractivity contribution in [3.05, 3.63) is 24.8 Å². The summed E-state index contributed by atoms with van der Waals surface area (Å²) in [5.74, 6) is -0.921. The monoisotopic (exact) mass is 213 g/mol. The maximum Gasteiger partial charge on any atom is 0.330 e. The van der Waals surface area contributed by atoms with Crippen LogP contribution in [0.3, 0.4) is 0 Å². The van der Waals surface area contributed by atoms with Crippen LogP contribution in [0.4, 0.5) is 0 Å². The summed E-state index contributed by atoms with van der Waals surface area (Å²) in [7, 11) is 0. The number of aliphatic carboxylic acids is 1. The Balaban J connectivity index is 0. The molecule has 0 saturated carbocycles. The van der Waals surface area contributed by atoms with Crippen LogP contribution in [0.1, 0.15) is 20.8 Å². The number of amides is 1. The van der Waals surface area contributed by atoms with Crippen LogP contribution in [0, 0.1) is 0 Å². The van der Waals surface area contributed by atoms with Gasteiger partial charge in [0.05, 0.1) is 0 Å². The number of likely N-dealkylation sites (N-methyl/N-ethyl adjacent to an activating group) is 1. The highest BCUT2D eigenvalue weighted by molar-refractivity contribution is 5.86. The Hall–Kier alpha value is -1.58. The molecule has 0 bridgehead atoms. The number of carbonyl (C=O) groups is 2. The first-order valence-corrected chi connectivity index (χ1v) is 4.70. The Labute approximate surface area is 90.9 Å². The van der Waals surface area contributed by atoms with E-state index < -0.39 is 5.97 Å². The standard InChI is InChI=1S/C7H13NO.C4H6O2/c1-4-7(9)8(5-2)6-3;1-3(2)4(5)6/h4H,1,5-6H2,2-3H3;1H2,2H3,(H,5,6). The van der Waals surface area contributed by atoms with Crippen LogP contribution in [0.25, 0.3) is 0 Å². The molecule has 0 heterocycles. The lowest BCUT2D eigenvalue weighted by atomic mass is 10.4. The highest BCUT2D eigenvalue weighted by atomic mass is 16.4. The van der Waals surface area contributed by atoms with E-state index in [1.807, 2.05) is 13.8 Å². The largest absolute Gasteiger partial charge is 0.478 e. The Bertz CT molecular complexity index is 230. The molecule has 0 radical (unpaired) electrons. The minimum atomic E-state index is -0.935. The van der Waals surface area contributed by atoms with Crippen molar-refractivity contribution in [3.8, 4) is 0 Å². The van der Waals surface area contributed by atoms with Gasteiger partial charge in [-0.1, -0.05) is 13.2 Å². The average molecular weight is 213 g/mol. The fourth-order valence-electron chi connectivity index (χ4n) is 0.664. The smallest absolute Gasteiger partial charge is 0.330 e. The summed E-state index contributed by atoms with van der Waals surface area (Å²) in [5.41, 5.74) is 0.176. The number of carboxylic acids is 1. The normalized spacial score (nSPS) is 8.20. The number of carbonyl (C=O) groups excluding carboxylic acids is 1. The van der Waals surface area contributed by atoms with Crippen LogP contribution in [-0.4, -0.2) is 35.0 Å². The molecule has 0 aliphatic rings. The van der Waals surface area contributed by atoms with Crippen molar-refractivity contribution in [1.82, 2.24) is 4.90 Å². The summed E-state index contributed by atoms with van der Waals surface area (Å²) in [5, 5.41) is 7.89. The summed E-state index contributed by atoms with van der Waals surface area (Å²) < 4.78 is 0. The Morgan fingerprint density at radius 3 is 1.73 bits per heavy atom. The zero-order chi connectivity index (χ0) is 12.4. The van der Waals surface area contributed by atoms with Crippen molar-refractivity contribution in [3.63, 3.8) is 0 Å². The zero-order valence-electron chi connectivity index (χ0n) is 9.62. The third-order valence-corrected chi connectivity index (χ3v) is 1.61. The van der Waals surface area contributed by atoms with Gasteiger partial charge in [0.15, 0.2) is 0 Å². The van der Waals surface area contributed by atoms with Crippen LogP contribution in [0.5, 0.6) is 0 Å². The van der Waals surface area contributed by atoms with E-state index in [-0.39, 0.29) is 11.5 Å². The Kier molecular flexibility index (Phi) is 9.52. The van der Waals surface area contributed by atoms with E-state index in [0.29, 0.717) is 0 Å². The van der Waals surface area contributed by atoms with Gasteiger partial charge in [0, 0.05) is 18.7 Å². The first-order chi connectivity index (χ1) is 6.90. The van der Waals surface area contributed by atoms with Crippen LogP contribution in [0.15, 0.2) is 24.8 Å². The SMILES string of the molecule is C=C(C)C(=O)O.C=CC(=O)N(CC)CC. The second kappa shape index (κ2) is 8.99. The average Bonchev–Trinajstić information content (AvgIpc) is 2.20. The van der Waals surface area contributed by atoms with Crippen molar-refractivity contribution < 1.29 is 14.7 Å². The lowest BCUT2D eigenvalue weighted by Gasteiger charge is -2.15. The van der Waals surface area contributed by atoms with E-state index in [1.165, 1.54) is 13.0 Å². The molecular formula is C11H19NO3. The van der Waals surface area contributed by atoms with E-state index in [9.17, 15) is 9.59 Å². The van der Waals surface area contributed by atoms with Crippen LogP contribution < -0.4 is 0 Å². The van der Waals surface area contributed by atoms with Crippen LogP contribution in [0.2, 0.25) is 0 Å². The zero-order valence-corrected chi connectivity index (χ0v) is 9.62. The third-order valence-electron chi connectivity index (χ3n) is 1.61. The molecule has 0 aliphatic carbocycles. The van der Waals surface area contributed by atoms with Crippen molar-refractivity contribution in [2.75, 3.05) is 13.1 Å². The summed E-state index contributed by atoms with van der Waals surface area (Å²) in [6, 6.07) is 0. The predicted octanol–water partition coefficient (Wildman–Crippen LogP) is 1.69. The van der Waals surface area contributed by atoms with Crippen molar-refractivity contribution in [1.29, 1.82) is 0 Å². The molecule has 4 heteroatoms. The van der Waals surface area contributed by atoms with E-state index in [2.05, 4.69) is 13.2 Å². The molecule has 4 nitrogen and oxygen atoms in total. The van der Waals surface area contributed by atoms with Gasteiger partial charge < -0.3 is 10.0 Å². The molecule has 0 aromatic rings. The number of carboxylic acid groups (broad SMARTS) is 1. The number of nitrogens with zero attached hydrogens (tertiary/aromatic N) is 1. The second-order valence-corrected chi connectivity index (χ2v) is 2.80. The number of rotatable bonds is 4. The molecule has 86 valence electrons. The summed E-state index contributed by atoms with van der Waals surface area (Å²) in [4.78, 5) is 22.1. The summed E-state index contributed by atoms with van der Waals surface area (Å²) in [6.07, 6.45) is 1.34. The Morgan fingerprint density at radius 1 is 1.33 bits per heavy atom. The molecular weight excluding hydrogens is 194 g/mol. The molecule has 0 unspecified atom stereocenters. The minimum absolute atomic E-state index is 0.0139. The predicted molar refractivity (Wildman–Crippen MR) is 60.6 cm³/mol. The van der Waals surface area contributed by atoms with Crippen molar-refractivity contribution in [2.24, 2.45) is 0 Å². The van der Waals surface area contributed by atoms with Gasteiger partial charge >= 0.3 is 5.97 Å². The Morgan fingerprint density at radius 2 is 1.67 bits per heavy atom. The topological polar surface area (TPSA) is 57.6 Å². The van der Waals surface area contributed by atoms with E-state index in [0.717, 1.165) is 13.1 Å². The molecule has 0 fully saturated rings. The van der Waals surface area contributed by atoms with Gasteiger partial charge in [-0.25, -0.2) is 4.79 Å². The molecule has 0 atom stereocenters. The summed E-state index contributed by atoms with van der Waals surface area (Å²) in [6.45, 7) is 13.4. The maximum atomic E-state index is 10.8. The van der Waals surface area contributed by atoms with Crippen LogP contribution >= 0.6 is 0 Å². The molecule has 0 rings (SSSR count). The number of hydrogen-bond acceptors (Lipinski definition) is 2. The molecule has 1 amide bonds. The quantitative estimate of drug-likeness (QED) is 0.723. The molecule has 15 heavy (non-hydrogen) atoms. The van der Waals surface area contributed by atoms with Gasteiger partial charge in [-0.2, -0.15) is 0 Å². The second-order valence-electron chi connectivity index (χ2n) is 2.80. The molecule has 1 N–H and O–H groups in total. The first-order valence-electron chi connectivity index (χ1n) is 4.70. The van der Waals surface area contributed by atoms with E-state index in [4.69, 9.17) is 5.11 Å². The lowest BCUT2D eigenvalue weighted by Crippen LogP contribution is -2.28. The fourth-order valence-corrected chi connectivity index (χ4v) is 0.664. The molecule has 0 aliphatic heterocycles. The van der Waals surface area contributed by atoms with Gasteiger partial charge in [-0.15, -0.1) is 0 Å². The van der Waals surface area contributed by atoms with Gasteiger partial charge in [-0.05, 0) is 26.8 Å². The molecule has 0 saturated heterocycles. The van der Waals surface area contributed by atoms with Crippen LogP contribution in [-0.2, 0) is 9.59 Å². The first kappa shape index (κ1) is 15.9. The highest BCUT2D eigenvalue weighted by Crippen LogP contribution is 1.87. The van der Waals surface area contributed by atoms with Gasteiger partial charge in [0.1, 0.15) is 0 Å². The maximum absolute atomic E-state index is 10.8. The van der Waals surface area contributed by atoms with Crippen molar-refractivity contribution >= 4 is 11.9 Å².